The highest BCUT2D eigenvalue weighted by Gasteiger charge is 2.34. The predicted octanol–water partition coefficient (Wildman–Crippen LogP) is 2.04. The molecule has 0 unspecified atom stereocenters. The van der Waals surface area contributed by atoms with Crippen molar-refractivity contribution in [3.63, 3.8) is 0 Å². The van der Waals surface area contributed by atoms with Crippen LogP contribution >= 0.6 is 0 Å². The summed E-state index contributed by atoms with van der Waals surface area (Å²) in [6, 6.07) is 8.40. The molecule has 0 aliphatic carbocycles. The summed E-state index contributed by atoms with van der Waals surface area (Å²) >= 11 is 0. The Labute approximate surface area is 179 Å². The number of likely N-dealkylation sites (tertiary alicyclic amines) is 1. The first kappa shape index (κ1) is 22.1. The molecular weight excluding hydrogens is 382 g/mol. The van der Waals surface area contributed by atoms with Crippen LogP contribution in [-0.2, 0) is 24.5 Å². The second-order valence-corrected chi connectivity index (χ2v) is 9.14. The van der Waals surface area contributed by atoms with E-state index in [0.29, 0.717) is 52.1 Å². The topological polar surface area (TPSA) is 70.2 Å². The Morgan fingerprint density at radius 1 is 0.867 bits per heavy atom. The molecule has 2 aliphatic heterocycles. The molecule has 0 bridgehead atoms. The van der Waals surface area contributed by atoms with E-state index in [1.54, 1.807) is 9.80 Å². The fraction of sp³-hybridized carbons (Fsp3) is 0.609. The Kier molecular flexibility index (Phi) is 6.68. The van der Waals surface area contributed by atoms with Gasteiger partial charge in [-0.2, -0.15) is 0 Å². The van der Waals surface area contributed by atoms with Crippen molar-refractivity contribution in [3.8, 4) is 0 Å². The van der Waals surface area contributed by atoms with Crippen molar-refractivity contribution < 1.29 is 19.1 Å². The highest BCUT2D eigenvalue weighted by molar-refractivity contribution is 6.35. The molecule has 2 amide bonds. The van der Waals surface area contributed by atoms with Gasteiger partial charge in [0.1, 0.15) is 0 Å². The van der Waals surface area contributed by atoms with E-state index in [1.807, 2.05) is 6.07 Å². The van der Waals surface area contributed by atoms with Gasteiger partial charge >= 0.3 is 17.8 Å². The van der Waals surface area contributed by atoms with Crippen LogP contribution in [-0.4, -0.2) is 74.0 Å². The third-order valence-corrected chi connectivity index (χ3v) is 6.12. The molecular formula is C23H33N3O4. The van der Waals surface area contributed by atoms with Crippen LogP contribution in [0.5, 0.6) is 0 Å². The Hall–Kier alpha value is -2.57. The number of esters is 1. The zero-order chi connectivity index (χ0) is 21.9. The number of nitrogens with zero attached hydrogens (tertiary/aromatic N) is 3. The van der Waals surface area contributed by atoms with Gasteiger partial charge in [-0.25, -0.2) is 0 Å². The Morgan fingerprint density at radius 3 is 1.93 bits per heavy atom. The molecule has 164 valence electrons. The number of carbonyl (C=O) groups is 3. The van der Waals surface area contributed by atoms with E-state index in [9.17, 15) is 14.4 Å². The molecule has 1 aromatic rings. The molecule has 7 nitrogen and oxygen atoms in total. The number of methoxy groups -OCH3 is 1. The molecule has 0 atom stereocenters. The molecule has 3 rings (SSSR count). The summed E-state index contributed by atoms with van der Waals surface area (Å²) in [5.41, 5.74) is 2.53. The molecule has 0 saturated carbocycles. The van der Waals surface area contributed by atoms with Crippen molar-refractivity contribution in [2.24, 2.45) is 5.92 Å². The average molecular weight is 416 g/mol. The fourth-order valence-corrected chi connectivity index (χ4v) is 4.29. The number of benzene rings is 1. The average Bonchev–Trinajstić information content (AvgIpc) is 2.77. The normalized spacial score (nSPS) is 18.3. The lowest BCUT2D eigenvalue weighted by Crippen LogP contribution is -2.54. The second-order valence-electron chi connectivity index (χ2n) is 9.14. The standard InChI is InChI=1S/C23H33N3O4/c1-23(2,3)18-7-5-6-8-19(18)24-13-15-26(16-14-24)21(28)20(27)25-11-9-17(10-12-25)22(29)30-4/h5-8,17H,9-16H2,1-4H3. The maximum atomic E-state index is 12.8. The first-order chi connectivity index (χ1) is 14.2. The molecule has 1 aromatic carbocycles. The number of para-hydroxylation sites is 1. The SMILES string of the molecule is COC(=O)C1CCN(C(=O)C(=O)N2CCN(c3ccccc3C(C)(C)C)CC2)CC1. The van der Waals surface area contributed by atoms with Gasteiger partial charge in [-0.1, -0.05) is 39.0 Å². The minimum absolute atomic E-state index is 0.0375. The van der Waals surface area contributed by atoms with Gasteiger partial charge in [0.25, 0.3) is 0 Å². The van der Waals surface area contributed by atoms with E-state index in [0.717, 1.165) is 0 Å². The third-order valence-electron chi connectivity index (χ3n) is 6.12. The van der Waals surface area contributed by atoms with Crippen LogP contribution in [0.15, 0.2) is 24.3 Å². The maximum absolute atomic E-state index is 12.8. The van der Waals surface area contributed by atoms with Crippen molar-refractivity contribution in [3.05, 3.63) is 29.8 Å². The Morgan fingerprint density at radius 2 is 1.40 bits per heavy atom. The highest BCUT2D eigenvalue weighted by atomic mass is 16.5. The Balaban J connectivity index is 1.56. The number of carbonyl (C=O) groups excluding carboxylic acids is 3. The van der Waals surface area contributed by atoms with Crippen LogP contribution in [0.2, 0.25) is 0 Å². The first-order valence-corrected chi connectivity index (χ1v) is 10.7. The van der Waals surface area contributed by atoms with E-state index in [-0.39, 0.29) is 17.3 Å². The molecule has 7 heteroatoms. The first-order valence-electron chi connectivity index (χ1n) is 10.7. The number of hydrogen-bond donors (Lipinski definition) is 0. The number of amides is 2. The van der Waals surface area contributed by atoms with Gasteiger partial charge < -0.3 is 19.4 Å². The summed E-state index contributed by atoms with van der Waals surface area (Å²) in [5, 5.41) is 0. The highest BCUT2D eigenvalue weighted by Crippen LogP contribution is 2.32. The van der Waals surface area contributed by atoms with Gasteiger partial charge in [0.2, 0.25) is 0 Å². The molecule has 2 aliphatic rings. The lowest BCUT2D eigenvalue weighted by molar-refractivity contribution is -0.154. The smallest absolute Gasteiger partial charge is 0.312 e. The summed E-state index contributed by atoms with van der Waals surface area (Å²) in [6.45, 7) is 9.91. The van der Waals surface area contributed by atoms with Gasteiger partial charge in [0.15, 0.2) is 0 Å². The van der Waals surface area contributed by atoms with Crippen LogP contribution in [0.3, 0.4) is 0 Å². The number of hydrogen-bond acceptors (Lipinski definition) is 5. The van der Waals surface area contributed by atoms with Gasteiger partial charge in [0, 0.05) is 45.0 Å². The zero-order valence-electron chi connectivity index (χ0n) is 18.5. The molecule has 0 N–H and O–H groups in total. The van der Waals surface area contributed by atoms with Gasteiger partial charge in [-0.15, -0.1) is 0 Å². The van der Waals surface area contributed by atoms with Crippen LogP contribution < -0.4 is 4.90 Å². The van der Waals surface area contributed by atoms with Crippen LogP contribution in [0.4, 0.5) is 5.69 Å². The fourth-order valence-electron chi connectivity index (χ4n) is 4.29. The predicted molar refractivity (Wildman–Crippen MR) is 115 cm³/mol. The van der Waals surface area contributed by atoms with E-state index in [2.05, 4.69) is 43.9 Å². The third kappa shape index (κ3) is 4.77. The largest absolute Gasteiger partial charge is 0.469 e. The lowest BCUT2D eigenvalue weighted by Gasteiger charge is -2.39. The molecule has 30 heavy (non-hydrogen) atoms. The monoisotopic (exact) mass is 415 g/mol. The summed E-state index contributed by atoms with van der Waals surface area (Å²) in [4.78, 5) is 42.6. The van der Waals surface area contributed by atoms with Gasteiger partial charge in [-0.3, -0.25) is 14.4 Å². The van der Waals surface area contributed by atoms with Crippen LogP contribution in [0.25, 0.3) is 0 Å². The number of anilines is 1. The van der Waals surface area contributed by atoms with Crippen molar-refractivity contribution in [1.82, 2.24) is 9.80 Å². The summed E-state index contributed by atoms with van der Waals surface area (Å²) in [6.07, 6.45) is 1.09. The van der Waals surface area contributed by atoms with E-state index < -0.39 is 11.8 Å². The molecule has 0 aromatic heterocycles. The minimum Gasteiger partial charge on any atom is -0.469 e. The van der Waals surface area contributed by atoms with E-state index >= 15 is 0 Å². The van der Waals surface area contributed by atoms with Crippen molar-refractivity contribution in [2.75, 3.05) is 51.3 Å². The molecule has 2 saturated heterocycles. The molecule has 2 heterocycles. The Bertz CT molecular complexity index is 786. The number of piperidine rings is 1. The van der Waals surface area contributed by atoms with Gasteiger partial charge in [0.05, 0.1) is 13.0 Å². The van der Waals surface area contributed by atoms with Crippen LogP contribution in [0, 0.1) is 5.92 Å². The van der Waals surface area contributed by atoms with Crippen LogP contribution in [0.1, 0.15) is 39.2 Å². The molecule has 2 fully saturated rings. The summed E-state index contributed by atoms with van der Waals surface area (Å²) in [5.74, 6) is -1.31. The maximum Gasteiger partial charge on any atom is 0.312 e. The van der Waals surface area contributed by atoms with E-state index in [4.69, 9.17) is 4.74 Å². The van der Waals surface area contributed by atoms with E-state index in [1.165, 1.54) is 18.4 Å². The number of piperazine rings is 1. The van der Waals surface area contributed by atoms with Crippen molar-refractivity contribution >= 4 is 23.5 Å². The lowest BCUT2D eigenvalue weighted by atomic mass is 9.85. The number of rotatable bonds is 2. The zero-order valence-corrected chi connectivity index (χ0v) is 18.5. The summed E-state index contributed by atoms with van der Waals surface area (Å²) in [7, 11) is 1.38. The number of ether oxygens (including phenoxy) is 1. The van der Waals surface area contributed by atoms with Gasteiger partial charge in [-0.05, 0) is 29.9 Å². The van der Waals surface area contributed by atoms with Crippen molar-refractivity contribution in [1.29, 1.82) is 0 Å². The molecule has 0 spiro atoms. The quantitative estimate of drug-likeness (QED) is 0.546. The molecule has 0 radical (unpaired) electrons. The summed E-state index contributed by atoms with van der Waals surface area (Å²) < 4.78 is 4.78. The second kappa shape index (κ2) is 9.06. The van der Waals surface area contributed by atoms with Crippen molar-refractivity contribution in [2.45, 2.75) is 39.0 Å². The minimum atomic E-state index is -0.457.